The normalized spacial score (nSPS) is 18.9. The van der Waals surface area contributed by atoms with Crippen LogP contribution >= 0.6 is 0 Å². The maximum Gasteiger partial charge on any atom is 0.412 e. The highest BCUT2D eigenvalue weighted by atomic mass is 16.6. The molecule has 1 fully saturated rings. The molecule has 0 radical (unpaired) electrons. The molecule has 0 saturated carbocycles. The van der Waals surface area contributed by atoms with Gasteiger partial charge < -0.3 is 14.7 Å². The van der Waals surface area contributed by atoms with Crippen LogP contribution in [-0.2, 0) is 9.53 Å². The van der Waals surface area contributed by atoms with Gasteiger partial charge in [-0.15, -0.1) is 0 Å². The number of amides is 2. The highest BCUT2D eigenvalue weighted by Gasteiger charge is 2.40. The number of hydrogen-bond acceptors (Lipinski definition) is 7. The maximum atomic E-state index is 12.9. The van der Waals surface area contributed by atoms with Gasteiger partial charge in [-0.2, -0.15) is 0 Å². The summed E-state index contributed by atoms with van der Waals surface area (Å²) < 4.78 is 10.2. The predicted molar refractivity (Wildman–Crippen MR) is 119 cm³/mol. The van der Waals surface area contributed by atoms with Crippen molar-refractivity contribution in [2.24, 2.45) is 5.92 Å². The molecule has 2 heterocycles. The first-order valence-corrected chi connectivity index (χ1v) is 10.9. The van der Waals surface area contributed by atoms with Gasteiger partial charge in [0.05, 0.1) is 5.92 Å². The van der Waals surface area contributed by atoms with E-state index in [9.17, 15) is 19.5 Å². The number of carbonyl (C=O) groups excluding carboxylic acids is 2. The van der Waals surface area contributed by atoms with Crippen LogP contribution in [0, 0.1) is 5.92 Å². The van der Waals surface area contributed by atoms with Crippen LogP contribution in [0.25, 0.3) is 11.1 Å². The third kappa shape index (κ3) is 3.66. The number of nitrogens with zero attached hydrogens (tertiary/aromatic N) is 3. The Balaban J connectivity index is 1.26. The molecule has 1 aromatic heterocycles. The minimum atomic E-state index is -0.960. The highest BCUT2D eigenvalue weighted by Crippen LogP contribution is 2.44. The monoisotopic (exact) mass is 462 g/mol. The molecule has 174 valence electrons. The Morgan fingerprint density at radius 2 is 1.74 bits per heavy atom. The number of fused-ring (bicyclic) bond motifs is 3. The quantitative estimate of drug-likeness (QED) is 0.589. The molecule has 10 nitrogen and oxygen atoms in total. The largest absolute Gasteiger partial charge is 0.481 e. The third-order valence-electron chi connectivity index (χ3n) is 6.59. The fourth-order valence-electron chi connectivity index (χ4n) is 4.83. The summed E-state index contributed by atoms with van der Waals surface area (Å²) in [5, 5.41) is 19.0. The number of likely N-dealkylation sites (tertiary alicyclic amines) is 1. The van der Waals surface area contributed by atoms with Gasteiger partial charge >= 0.3 is 12.1 Å². The predicted octanol–water partition coefficient (Wildman–Crippen LogP) is 3.37. The Morgan fingerprint density at radius 3 is 2.35 bits per heavy atom. The van der Waals surface area contributed by atoms with Crippen molar-refractivity contribution in [3.8, 4) is 11.1 Å². The van der Waals surface area contributed by atoms with Crippen LogP contribution in [0.1, 0.15) is 40.9 Å². The van der Waals surface area contributed by atoms with Gasteiger partial charge in [-0.3, -0.25) is 14.9 Å². The molecular weight excluding hydrogens is 440 g/mol. The van der Waals surface area contributed by atoms with E-state index in [1.165, 1.54) is 4.90 Å². The Hall–Kier alpha value is -4.21. The molecule has 1 saturated heterocycles. The average molecular weight is 462 g/mol. The van der Waals surface area contributed by atoms with E-state index < -0.39 is 29.9 Å². The van der Waals surface area contributed by atoms with Crippen molar-refractivity contribution in [2.45, 2.75) is 25.3 Å². The van der Waals surface area contributed by atoms with E-state index in [0.29, 0.717) is 6.42 Å². The molecule has 0 spiro atoms. The number of aliphatic carboxylic acids is 1. The number of benzene rings is 2. The van der Waals surface area contributed by atoms with Gasteiger partial charge in [0, 0.05) is 18.5 Å². The van der Waals surface area contributed by atoms with Crippen molar-refractivity contribution in [1.82, 2.24) is 15.2 Å². The Kier molecular flexibility index (Phi) is 5.48. The fourth-order valence-corrected chi connectivity index (χ4v) is 4.83. The second kappa shape index (κ2) is 8.62. The van der Waals surface area contributed by atoms with Crippen molar-refractivity contribution in [3.05, 3.63) is 65.4 Å². The van der Waals surface area contributed by atoms with Crippen molar-refractivity contribution in [3.63, 3.8) is 0 Å². The van der Waals surface area contributed by atoms with Gasteiger partial charge in [-0.25, -0.2) is 9.42 Å². The van der Waals surface area contributed by atoms with Gasteiger partial charge in [-0.1, -0.05) is 48.5 Å². The minimum absolute atomic E-state index is 0.0951. The average Bonchev–Trinajstić information content (AvgIpc) is 3.53. The number of aromatic nitrogens is 2. The molecule has 2 unspecified atom stereocenters. The standard InChI is InChI=1S/C24H22N4O6/c1-13-14(23(30)31)10-11-28(13)22(29)20-21(27-34-26-20)25-24(32)33-12-19-17-8-4-2-6-15(17)16-7-3-5-9-18(16)19/h2-9,13-14,19H,10-12H2,1H3,(H,30,31)(H,25,27,32). The van der Waals surface area contributed by atoms with Gasteiger partial charge in [0.15, 0.2) is 0 Å². The van der Waals surface area contributed by atoms with Gasteiger partial charge in [-0.05, 0) is 45.9 Å². The van der Waals surface area contributed by atoms with Crippen LogP contribution in [0.5, 0.6) is 0 Å². The summed E-state index contributed by atoms with van der Waals surface area (Å²) >= 11 is 0. The van der Waals surface area contributed by atoms with Crippen LogP contribution < -0.4 is 5.32 Å². The number of anilines is 1. The smallest absolute Gasteiger partial charge is 0.412 e. The summed E-state index contributed by atoms with van der Waals surface area (Å²) in [4.78, 5) is 38.2. The summed E-state index contributed by atoms with van der Waals surface area (Å²) in [6.45, 7) is 2.02. The van der Waals surface area contributed by atoms with Crippen LogP contribution in [0.4, 0.5) is 10.6 Å². The third-order valence-corrected chi connectivity index (χ3v) is 6.59. The van der Waals surface area contributed by atoms with Crippen molar-refractivity contribution >= 4 is 23.8 Å². The van der Waals surface area contributed by atoms with Crippen molar-refractivity contribution in [2.75, 3.05) is 18.5 Å². The van der Waals surface area contributed by atoms with Crippen LogP contribution in [0.3, 0.4) is 0 Å². The van der Waals surface area contributed by atoms with Gasteiger partial charge in [0.2, 0.25) is 11.5 Å². The van der Waals surface area contributed by atoms with Gasteiger partial charge in [0.25, 0.3) is 5.91 Å². The van der Waals surface area contributed by atoms with E-state index in [1.54, 1.807) is 6.92 Å². The first-order valence-electron chi connectivity index (χ1n) is 10.9. The zero-order valence-corrected chi connectivity index (χ0v) is 18.3. The maximum absolute atomic E-state index is 12.9. The number of rotatable bonds is 5. The summed E-state index contributed by atoms with van der Waals surface area (Å²) in [5.74, 6) is -2.48. The number of carbonyl (C=O) groups is 3. The molecule has 2 atom stereocenters. The molecule has 1 aliphatic heterocycles. The Morgan fingerprint density at radius 1 is 1.09 bits per heavy atom. The second-order valence-electron chi connectivity index (χ2n) is 8.38. The number of nitrogens with one attached hydrogen (secondary N) is 1. The minimum Gasteiger partial charge on any atom is -0.481 e. The molecule has 34 heavy (non-hydrogen) atoms. The molecule has 2 N–H and O–H groups in total. The molecule has 2 aliphatic rings. The lowest BCUT2D eigenvalue weighted by molar-refractivity contribution is -0.142. The highest BCUT2D eigenvalue weighted by molar-refractivity contribution is 6.00. The van der Waals surface area contributed by atoms with Crippen molar-refractivity contribution in [1.29, 1.82) is 0 Å². The fraction of sp³-hybridized carbons (Fsp3) is 0.292. The topological polar surface area (TPSA) is 135 Å². The molecular formula is C24H22N4O6. The molecule has 10 heteroatoms. The van der Waals surface area contributed by atoms with Gasteiger partial charge in [0.1, 0.15) is 6.61 Å². The molecule has 2 amide bonds. The number of hydrogen-bond donors (Lipinski definition) is 2. The van der Waals surface area contributed by atoms with E-state index in [2.05, 4.69) is 20.3 Å². The van der Waals surface area contributed by atoms with Crippen LogP contribution in [0.2, 0.25) is 0 Å². The summed E-state index contributed by atoms with van der Waals surface area (Å²) in [7, 11) is 0. The number of carboxylic acids is 1. The molecule has 0 bridgehead atoms. The van der Waals surface area contributed by atoms with Crippen LogP contribution in [0.15, 0.2) is 53.2 Å². The molecule has 2 aromatic carbocycles. The Bertz CT molecular complexity index is 1230. The summed E-state index contributed by atoms with van der Waals surface area (Å²) in [6.07, 6.45) is -0.465. The van der Waals surface area contributed by atoms with E-state index in [4.69, 9.17) is 4.74 Å². The van der Waals surface area contributed by atoms with E-state index >= 15 is 0 Å². The molecule has 5 rings (SSSR count). The number of ether oxygens (including phenoxy) is 1. The second-order valence-corrected chi connectivity index (χ2v) is 8.38. The van der Waals surface area contributed by atoms with Crippen molar-refractivity contribution < 1.29 is 28.9 Å². The Labute approximate surface area is 194 Å². The lowest BCUT2D eigenvalue weighted by Gasteiger charge is -2.22. The first-order chi connectivity index (χ1) is 16.5. The molecule has 3 aromatic rings. The van der Waals surface area contributed by atoms with E-state index in [-0.39, 0.29) is 30.6 Å². The summed E-state index contributed by atoms with van der Waals surface area (Å²) in [6, 6.07) is 15.4. The lowest BCUT2D eigenvalue weighted by atomic mass is 9.98. The molecule has 1 aliphatic carbocycles. The van der Waals surface area contributed by atoms with E-state index in [0.717, 1.165) is 22.3 Å². The van der Waals surface area contributed by atoms with Crippen LogP contribution in [-0.4, -0.2) is 57.5 Å². The number of carboxylic acid groups (broad SMARTS) is 1. The van der Waals surface area contributed by atoms with E-state index in [1.807, 2.05) is 48.5 Å². The lowest BCUT2D eigenvalue weighted by Crippen LogP contribution is -2.38. The zero-order chi connectivity index (χ0) is 23.8. The SMILES string of the molecule is CC1C(C(=O)O)CCN1C(=O)c1nonc1NC(=O)OCC1c2ccccc2-c2ccccc21. The first kappa shape index (κ1) is 21.6. The zero-order valence-electron chi connectivity index (χ0n) is 18.3. The summed E-state index contributed by atoms with van der Waals surface area (Å²) in [5.41, 5.74) is 4.17.